The second-order valence-corrected chi connectivity index (χ2v) is 10.1. The van der Waals surface area contributed by atoms with Crippen LogP contribution < -0.4 is 4.90 Å². The van der Waals surface area contributed by atoms with E-state index < -0.39 is 9.84 Å². The predicted octanol–water partition coefficient (Wildman–Crippen LogP) is 2.63. The Labute approximate surface area is 156 Å². The summed E-state index contributed by atoms with van der Waals surface area (Å²) in [7, 11) is -0.871. The Morgan fingerprint density at radius 3 is 2.62 bits per heavy atom. The van der Waals surface area contributed by atoms with E-state index in [0.717, 1.165) is 42.8 Å². The van der Waals surface area contributed by atoms with Gasteiger partial charge < -0.3 is 14.8 Å². The van der Waals surface area contributed by atoms with Crippen molar-refractivity contribution < 1.29 is 8.42 Å². The van der Waals surface area contributed by atoms with Crippen molar-refractivity contribution in [2.24, 2.45) is 0 Å². The summed E-state index contributed by atoms with van der Waals surface area (Å²) in [6.45, 7) is 6.89. The first-order valence-corrected chi connectivity index (χ1v) is 11.4. The zero-order valence-electron chi connectivity index (χ0n) is 16.2. The fraction of sp³-hybridized carbons (Fsp3) is 0.632. The van der Waals surface area contributed by atoms with Gasteiger partial charge in [0.1, 0.15) is 15.7 Å². The zero-order chi connectivity index (χ0) is 18.9. The van der Waals surface area contributed by atoms with Gasteiger partial charge in [0, 0.05) is 38.1 Å². The van der Waals surface area contributed by atoms with Crippen LogP contribution in [0.25, 0.3) is 11.0 Å². The summed E-state index contributed by atoms with van der Waals surface area (Å²) in [5.41, 5.74) is 3.43. The third-order valence-corrected chi connectivity index (χ3v) is 6.31. The maximum atomic E-state index is 11.4. The van der Waals surface area contributed by atoms with E-state index in [4.69, 9.17) is 4.98 Å². The summed E-state index contributed by atoms with van der Waals surface area (Å²) in [5.74, 6) is 1.71. The molecule has 0 amide bonds. The van der Waals surface area contributed by atoms with Gasteiger partial charge in [-0.05, 0) is 43.5 Å². The number of sulfone groups is 1. The molecule has 0 radical (unpaired) electrons. The number of aromatic amines is 1. The Hall–Kier alpha value is -1.60. The summed E-state index contributed by atoms with van der Waals surface area (Å²) in [6.07, 6.45) is 5.43. The van der Waals surface area contributed by atoms with Crippen molar-refractivity contribution in [1.29, 1.82) is 0 Å². The molecular weight excluding hydrogens is 348 g/mol. The molecule has 1 aliphatic rings. The molecule has 2 aromatic rings. The monoisotopic (exact) mass is 378 g/mol. The number of pyridine rings is 1. The van der Waals surface area contributed by atoms with Crippen molar-refractivity contribution in [3.63, 3.8) is 0 Å². The van der Waals surface area contributed by atoms with Crippen LogP contribution >= 0.6 is 0 Å². The molecule has 0 saturated carbocycles. The molecule has 0 atom stereocenters. The van der Waals surface area contributed by atoms with Gasteiger partial charge in [0.25, 0.3) is 0 Å². The van der Waals surface area contributed by atoms with E-state index in [9.17, 15) is 8.42 Å². The van der Waals surface area contributed by atoms with Crippen molar-refractivity contribution in [2.45, 2.75) is 38.6 Å². The summed E-state index contributed by atoms with van der Waals surface area (Å²) in [4.78, 5) is 12.8. The fourth-order valence-electron chi connectivity index (χ4n) is 3.65. The van der Waals surface area contributed by atoms with Crippen LogP contribution in [0.2, 0.25) is 0 Å². The summed E-state index contributed by atoms with van der Waals surface area (Å²) < 4.78 is 22.7. The zero-order valence-corrected chi connectivity index (χ0v) is 17.0. The van der Waals surface area contributed by atoms with Gasteiger partial charge in [-0.3, -0.25) is 0 Å². The molecule has 0 aliphatic carbocycles. The van der Waals surface area contributed by atoms with Crippen LogP contribution in [-0.2, 0) is 9.84 Å². The lowest BCUT2D eigenvalue weighted by atomic mass is 10.0. The molecule has 0 aromatic carbocycles. The first-order valence-electron chi connectivity index (χ1n) is 9.35. The molecule has 1 saturated heterocycles. The Balaban J connectivity index is 1.64. The van der Waals surface area contributed by atoms with Gasteiger partial charge in [0.2, 0.25) is 0 Å². The first kappa shape index (κ1) is 19.2. The van der Waals surface area contributed by atoms with Gasteiger partial charge in [-0.1, -0.05) is 13.8 Å². The van der Waals surface area contributed by atoms with Gasteiger partial charge >= 0.3 is 0 Å². The summed E-state index contributed by atoms with van der Waals surface area (Å²) in [5, 5.41) is 0. The van der Waals surface area contributed by atoms with Gasteiger partial charge in [-0.15, -0.1) is 0 Å². The molecule has 0 bridgehead atoms. The smallest absolute Gasteiger partial charge is 0.148 e. The molecular formula is C19H30N4O2S. The quantitative estimate of drug-likeness (QED) is 0.837. The predicted molar refractivity (Wildman–Crippen MR) is 108 cm³/mol. The molecule has 2 aromatic heterocycles. The van der Waals surface area contributed by atoms with E-state index in [1.54, 1.807) is 0 Å². The van der Waals surface area contributed by atoms with E-state index >= 15 is 0 Å². The molecule has 3 rings (SSSR count). The molecule has 26 heavy (non-hydrogen) atoms. The van der Waals surface area contributed by atoms with Crippen LogP contribution in [-0.4, -0.2) is 68.0 Å². The number of aromatic nitrogens is 2. The number of hydrogen-bond acceptors (Lipinski definition) is 5. The van der Waals surface area contributed by atoms with Crippen LogP contribution in [0.5, 0.6) is 0 Å². The van der Waals surface area contributed by atoms with E-state index in [0.29, 0.717) is 18.5 Å². The molecule has 0 spiro atoms. The van der Waals surface area contributed by atoms with Crippen LogP contribution in [0.4, 0.5) is 5.82 Å². The number of fused-ring (bicyclic) bond motifs is 1. The van der Waals surface area contributed by atoms with Crippen LogP contribution in [0.1, 0.15) is 38.2 Å². The number of nitrogens with zero attached hydrogens (tertiary/aromatic N) is 3. The largest absolute Gasteiger partial charge is 0.360 e. The number of nitrogens with one attached hydrogen (secondary N) is 1. The van der Waals surface area contributed by atoms with Gasteiger partial charge in [-0.25, -0.2) is 13.4 Å². The average Bonchev–Trinajstić information content (AvgIpc) is 3.02. The average molecular weight is 379 g/mol. The SMILES string of the molecule is CC(C)c1c[nH]c2ccc(N3CCC(N(C)CCS(C)(=O)=O)CC3)nc12. The second-order valence-electron chi connectivity index (χ2n) is 7.79. The number of hydrogen-bond donors (Lipinski definition) is 1. The van der Waals surface area contributed by atoms with E-state index in [1.165, 1.54) is 11.8 Å². The van der Waals surface area contributed by atoms with Gasteiger partial charge in [0.15, 0.2) is 0 Å². The Morgan fingerprint density at radius 1 is 1.31 bits per heavy atom. The first-order chi connectivity index (χ1) is 12.2. The van der Waals surface area contributed by atoms with E-state index in [2.05, 4.69) is 47.0 Å². The molecule has 144 valence electrons. The van der Waals surface area contributed by atoms with Gasteiger partial charge in [-0.2, -0.15) is 0 Å². The number of rotatable bonds is 6. The summed E-state index contributed by atoms with van der Waals surface area (Å²) >= 11 is 0. The topological polar surface area (TPSA) is 69.3 Å². The van der Waals surface area contributed by atoms with E-state index in [1.807, 2.05) is 7.05 Å². The van der Waals surface area contributed by atoms with Gasteiger partial charge in [0.05, 0.1) is 16.8 Å². The van der Waals surface area contributed by atoms with Crippen LogP contribution in [0, 0.1) is 0 Å². The molecule has 1 N–H and O–H groups in total. The van der Waals surface area contributed by atoms with Crippen molar-refractivity contribution in [3.05, 3.63) is 23.9 Å². The minimum Gasteiger partial charge on any atom is -0.360 e. The molecule has 1 aliphatic heterocycles. The minimum atomic E-state index is -2.90. The van der Waals surface area contributed by atoms with Crippen molar-refractivity contribution in [1.82, 2.24) is 14.9 Å². The number of piperidine rings is 1. The third kappa shape index (κ3) is 4.38. The number of H-pyrrole nitrogens is 1. The Morgan fingerprint density at radius 2 is 2.00 bits per heavy atom. The highest BCUT2D eigenvalue weighted by atomic mass is 32.2. The van der Waals surface area contributed by atoms with Crippen molar-refractivity contribution in [2.75, 3.05) is 43.6 Å². The highest BCUT2D eigenvalue weighted by molar-refractivity contribution is 7.90. The molecule has 3 heterocycles. The molecule has 6 nitrogen and oxygen atoms in total. The van der Waals surface area contributed by atoms with Crippen LogP contribution in [0.3, 0.4) is 0 Å². The van der Waals surface area contributed by atoms with E-state index in [-0.39, 0.29) is 5.75 Å². The van der Waals surface area contributed by atoms with Crippen LogP contribution in [0.15, 0.2) is 18.3 Å². The lowest BCUT2D eigenvalue weighted by molar-refractivity contribution is 0.218. The maximum Gasteiger partial charge on any atom is 0.148 e. The highest BCUT2D eigenvalue weighted by Crippen LogP contribution is 2.27. The van der Waals surface area contributed by atoms with Crippen molar-refractivity contribution >= 4 is 26.7 Å². The summed E-state index contributed by atoms with van der Waals surface area (Å²) in [6, 6.07) is 4.65. The Kier molecular flexibility index (Phi) is 5.58. The standard InChI is InChI=1S/C19H30N4O2S/c1-14(2)16-13-20-17-5-6-18(21-19(16)17)23-9-7-15(8-10-23)22(3)11-12-26(4,24)25/h5-6,13-15,20H,7-12H2,1-4H3. The number of anilines is 1. The lowest BCUT2D eigenvalue weighted by Crippen LogP contribution is -2.44. The second kappa shape index (κ2) is 7.56. The molecule has 7 heteroatoms. The molecule has 0 unspecified atom stereocenters. The van der Waals surface area contributed by atoms with Crippen molar-refractivity contribution in [3.8, 4) is 0 Å². The normalized spacial score (nSPS) is 16.9. The minimum absolute atomic E-state index is 0.230. The maximum absolute atomic E-state index is 11.4. The Bertz CT molecular complexity index is 852. The highest BCUT2D eigenvalue weighted by Gasteiger charge is 2.24. The lowest BCUT2D eigenvalue weighted by Gasteiger charge is -2.37. The molecule has 1 fully saturated rings. The fourth-order valence-corrected chi connectivity index (χ4v) is 4.27. The third-order valence-electron chi connectivity index (χ3n) is 5.39.